The molecule has 146 valence electrons. The molecule has 0 aliphatic heterocycles. The largest absolute Gasteiger partial charge is 0.0683 e. The van der Waals surface area contributed by atoms with Crippen molar-refractivity contribution in [3.63, 3.8) is 0 Å². The van der Waals surface area contributed by atoms with Crippen molar-refractivity contribution in [2.75, 3.05) is 0 Å². The van der Waals surface area contributed by atoms with E-state index in [1.165, 1.54) is 75.3 Å². The predicted octanol–water partition coefficient (Wildman–Crippen LogP) is 7.53. The van der Waals surface area contributed by atoms with Crippen molar-refractivity contribution in [3.05, 3.63) is 64.7 Å². The molecule has 0 bridgehead atoms. The van der Waals surface area contributed by atoms with E-state index >= 15 is 0 Å². The van der Waals surface area contributed by atoms with Crippen molar-refractivity contribution in [2.24, 2.45) is 0 Å². The van der Waals surface area contributed by atoms with Crippen LogP contribution in [0.5, 0.6) is 0 Å². The van der Waals surface area contributed by atoms with E-state index in [1.54, 1.807) is 16.4 Å². The van der Waals surface area contributed by atoms with Gasteiger partial charge in [0.05, 0.1) is 0 Å². The van der Waals surface area contributed by atoms with E-state index in [9.17, 15) is 0 Å². The normalized spacial score (nSPS) is 20.6. The second-order valence-electron chi connectivity index (χ2n) is 9.05. The van der Waals surface area contributed by atoms with Crippen LogP contribution in [-0.4, -0.2) is 11.3 Å². The summed E-state index contributed by atoms with van der Waals surface area (Å²) in [6.07, 6.45) is 20.7. The first-order valence-corrected chi connectivity index (χ1v) is 13.0. The molecule has 0 heterocycles. The minimum absolute atomic E-state index is 0.0458. The standard InChI is InChI=1S/C27H33P/c1-3-13-24(14-4-1)28(25-15-5-2-6-16-25)27-17-9-12-23-20-22-11-8-7-10-21(22)18-19-26(23)27/h7-12,17-19,24-25H,1-6,13-16,20H2. The third kappa shape index (κ3) is 3.73. The van der Waals surface area contributed by atoms with Crippen molar-refractivity contribution >= 4 is 25.4 Å². The molecule has 2 aromatic carbocycles. The van der Waals surface area contributed by atoms with Gasteiger partial charge in [-0.25, -0.2) is 0 Å². The molecule has 28 heavy (non-hydrogen) atoms. The van der Waals surface area contributed by atoms with Crippen LogP contribution in [0.3, 0.4) is 0 Å². The molecule has 0 saturated heterocycles. The summed E-state index contributed by atoms with van der Waals surface area (Å²) in [6.45, 7) is 0. The van der Waals surface area contributed by atoms with E-state index in [4.69, 9.17) is 0 Å². The minimum atomic E-state index is -0.0458. The SMILES string of the molecule is C1=Cc2c(cccc2P(C2CCCCC2)C2CCCCC2)Cc2ccccc21. The summed E-state index contributed by atoms with van der Waals surface area (Å²) < 4.78 is 0. The Morgan fingerprint density at radius 2 is 1.25 bits per heavy atom. The summed E-state index contributed by atoms with van der Waals surface area (Å²) >= 11 is 0. The third-order valence-corrected chi connectivity index (χ3v) is 10.8. The zero-order valence-electron chi connectivity index (χ0n) is 17.1. The fourth-order valence-electron chi connectivity index (χ4n) is 5.82. The van der Waals surface area contributed by atoms with E-state index in [0.29, 0.717) is 0 Å². The van der Waals surface area contributed by atoms with Gasteiger partial charge >= 0.3 is 0 Å². The van der Waals surface area contributed by atoms with Crippen LogP contribution in [0.25, 0.3) is 12.2 Å². The highest BCUT2D eigenvalue weighted by molar-refractivity contribution is 7.67. The first-order chi connectivity index (χ1) is 13.9. The van der Waals surface area contributed by atoms with Crippen LogP contribution in [0.2, 0.25) is 0 Å². The van der Waals surface area contributed by atoms with Gasteiger partial charge < -0.3 is 0 Å². The van der Waals surface area contributed by atoms with Gasteiger partial charge in [-0.05, 0) is 71.0 Å². The highest BCUT2D eigenvalue weighted by Crippen LogP contribution is 2.55. The Balaban J connectivity index is 1.57. The maximum absolute atomic E-state index is 2.52. The summed E-state index contributed by atoms with van der Waals surface area (Å²) in [6, 6.07) is 16.2. The summed E-state index contributed by atoms with van der Waals surface area (Å²) in [7, 11) is -0.0458. The molecule has 5 rings (SSSR count). The molecule has 3 aliphatic carbocycles. The maximum Gasteiger partial charge on any atom is -0.00137 e. The Morgan fingerprint density at radius 3 is 1.96 bits per heavy atom. The molecule has 0 N–H and O–H groups in total. The molecule has 2 aromatic rings. The lowest BCUT2D eigenvalue weighted by molar-refractivity contribution is 0.487. The molecule has 0 unspecified atom stereocenters. The van der Waals surface area contributed by atoms with Gasteiger partial charge in [-0.1, -0.05) is 101 Å². The molecule has 0 aromatic heterocycles. The van der Waals surface area contributed by atoms with Crippen LogP contribution in [0.15, 0.2) is 42.5 Å². The van der Waals surface area contributed by atoms with E-state index in [1.807, 2.05) is 0 Å². The summed E-state index contributed by atoms with van der Waals surface area (Å²) in [5.41, 5.74) is 7.96. The fourth-order valence-corrected chi connectivity index (χ4v) is 9.80. The van der Waals surface area contributed by atoms with Crippen LogP contribution < -0.4 is 5.30 Å². The van der Waals surface area contributed by atoms with Gasteiger partial charge in [-0.15, -0.1) is 0 Å². The van der Waals surface area contributed by atoms with Crippen molar-refractivity contribution in [1.82, 2.24) is 0 Å². The molecule has 3 aliphatic rings. The maximum atomic E-state index is 2.52. The van der Waals surface area contributed by atoms with Crippen molar-refractivity contribution in [2.45, 2.75) is 81.9 Å². The highest BCUT2D eigenvalue weighted by Gasteiger charge is 2.33. The molecule has 0 radical (unpaired) electrons. The van der Waals surface area contributed by atoms with Crippen molar-refractivity contribution in [3.8, 4) is 0 Å². The number of hydrogen-bond acceptors (Lipinski definition) is 0. The highest BCUT2D eigenvalue weighted by atomic mass is 31.1. The Labute approximate surface area is 172 Å². The number of rotatable bonds is 3. The second kappa shape index (κ2) is 8.54. The van der Waals surface area contributed by atoms with Gasteiger partial charge in [0.25, 0.3) is 0 Å². The van der Waals surface area contributed by atoms with Crippen LogP contribution in [0, 0.1) is 0 Å². The number of benzene rings is 2. The lowest BCUT2D eigenvalue weighted by Gasteiger charge is -2.39. The van der Waals surface area contributed by atoms with Crippen LogP contribution in [-0.2, 0) is 6.42 Å². The molecular formula is C27H33P. The van der Waals surface area contributed by atoms with Crippen LogP contribution in [0.1, 0.15) is 86.5 Å². The van der Waals surface area contributed by atoms with Crippen LogP contribution in [0.4, 0.5) is 0 Å². The topological polar surface area (TPSA) is 0 Å². The van der Waals surface area contributed by atoms with Gasteiger partial charge in [-0.3, -0.25) is 0 Å². The molecular weight excluding hydrogens is 355 g/mol. The van der Waals surface area contributed by atoms with Crippen molar-refractivity contribution in [1.29, 1.82) is 0 Å². The van der Waals surface area contributed by atoms with Gasteiger partial charge in [-0.2, -0.15) is 0 Å². The Hall–Kier alpha value is -1.39. The lowest BCUT2D eigenvalue weighted by Crippen LogP contribution is -2.27. The molecule has 0 nitrogen and oxygen atoms in total. The summed E-state index contributed by atoms with van der Waals surface area (Å²) in [5, 5.41) is 1.75. The Morgan fingerprint density at radius 1 is 0.607 bits per heavy atom. The molecule has 0 amide bonds. The van der Waals surface area contributed by atoms with Crippen LogP contribution >= 0.6 is 7.92 Å². The first-order valence-electron chi connectivity index (χ1n) is 11.6. The van der Waals surface area contributed by atoms with E-state index in [0.717, 1.165) is 17.7 Å². The third-order valence-electron chi connectivity index (χ3n) is 7.25. The van der Waals surface area contributed by atoms with Gasteiger partial charge in [0.15, 0.2) is 0 Å². The van der Waals surface area contributed by atoms with E-state index in [-0.39, 0.29) is 7.92 Å². The lowest BCUT2D eigenvalue weighted by atomic mass is 9.99. The van der Waals surface area contributed by atoms with E-state index in [2.05, 4.69) is 54.6 Å². The average molecular weight is 389 g/mol. The fraction of sp³-hybridized carbons (Fsp3) is 0.481. The van der Waals surface area contributed by atoms with E-state index < -0.39 is 0 Å². The zero-order chi connectivity index (χ0) is 18.8. The quantitative estimate of drug-likeness (QED) is 0.407. The second-order valence-corrected chi connectivity index (χ2v) is 11.8. The Bertz CT molecular complexity index is 819. The van der Waals surface area contributed by atoms with Gasteiger partial charge in [0.2, 0.25) is 0 Å². The van der Waals surface area contributed by atoms with Gasteiger partial charge in [0, 0.05) is 0 Å². The molecule has 2 fully saturated rings. The summed E-state index contributed by atoms with van der Waals surface area (Å²) in [4.78, 5) is 0. The minimum Gasteiger partial charge on any atom is -0.0683 e. The van der Waals surface area contributed by atoms with Crippen molar-refractivity contribution < 1.29 is 0 Å². The zero-order valence-corrected chi connectivity index (χ0v) is 18.0. The average Bonchev–Trinajstić information content (AvgIpc) is 2.95. The van der Waals surface area contributed by atoms with Gasteiger partial charge in [0.1, 0.15) is 0 Å². The monoisotopic (exact) mass is 388 g/mol. The molecule has 2 saturated carbocycles. The molecule has 0 spiro atoms. The molecule has 1 heteroatoms. The predicted molar refractivity (Wildman–Crippen MR) is 125 cm³/mol. The number of fused-ring (bicyclic) bond motifs is 2. The summed E-state index contributed by atoms with van der Waals surface area (Å²) in [5.74, 6) is 0. The smallest absolute Gasteiger partial charge is 0.00137 e. The first kappa shape index (κ1) is 18.6. The molecule has 0 atom stereocenters. The Kier molecular flexibility index (Phi) is 5.68. The number of hydrogen-bond donors (Lipinski definition) is 0.